The Hall–Kier alpha value is -1.78. The maximum atomic E-state index is 10.5. The van der Waals surface area contributed by atoms with E-state index in [0.717, 1.165) is 5.39 Å². The zero-order chi connectivity index (χ0) is 10.1. The fourth-order valence-corrected chi connectivity index (χ4v) is 1.28. The van der Waals surface area contributed by atoms with Crippen LogP contribution in [0.5, 0.6) is 0 Å². The molecule has 0 unspecified atom stereocenters. The van der Waals surface area contributed by atoms with Crippen LogP contribution in [0.15, 0.2) is 12.4 Å². The maximum absolute atomic E-state index is 10.5. The molecule has 2 aromatic heterocycles. The van der Waals surface area contributed by atoms with Crippen molar-refractivity contribution in [3.05, 3.63) is 18.2 Å². The molecule has 2 aromatic rings. The van der Waals surface area contributed by atoms with Crippen LogP contribution in [0.4, 0.5) is 0 Å². The minimum atomic E-state index is 0.194. The first-order chi connectivity index (χ1) is 6.72. The van der Waals surface area contributed by atoms with E-state index in [2.05, 4.69) is 15.1 Å². The number of carbonyl (C=O) groups is 1. The molecule has 5 heteroatoms. The Morgan fingerprint density at radius 3 is 2.86 bits per heavy atom. The van der Waals surface area contributed by atoms with Crippen LogP contribution in [0.3, 0.4) is 0 Å². The van der Waals surface area contributed by atoms with Crippen LogP contribution in [0.1, 0.15) is 30.5 Å². The first-order valence-electron chi connectivity index (χ1n) is 4.38. The summed E-state index contributed by atoms with van der Waals surface area (Å²) in [5, 5.41) is 5.02. The number of aldehydes is 1. The molecular formula is C9H10N4O. The molecule has 0 bridgehead atoms. The third-order valence-electron chi connectivity index (χ3n) is 1.95. The zero-order valence-corrected chi connectivity index (χ0v) is 8.01. The normalized spacial score (nSPS) is 11.1. The fraction of sp³-hybridized carbons (Fsp3) is 0.333. The van der Waals surface area contributed by atoms with Gasteiger partial charge in [-0.05, 0) is 13.8 Å². The molecule has 0 aliphatic rings. The van der Waals surface area contributed by atoms with Crippen LogP contribution in [-0.2, 0) is 0 Å². The third kappa shape index (κ3) is 1.26. The van der Waals surface area contributed by atoms with E-state index in [1.165, 1.54) is 0 Å². The Kier molecular flexibility index (Phi) is 1.99. The molecule has 0 aromatic carbocycles. The molecule has 2 rings (SSSR count). The van der Waals surface area contributed by atoms with Gasteiger partial charge in [0.15, 0.2) is 17.8 Å². The van der Waals surface area contributed by atoms with E-state index in [9.17, 15) is 4.79 Å². The Balaban J connectivity index is 2.69. The van der Waals surface area contributed by atoms with Gasteiger partial charge in [0.05, 0.1) is 11.6 Å². The van der Waals surface area contributed by atoms with Gasteiger partial charge in [-0.3, -0.25) is 4.79 Å². The van der Waals surface area contributed by atoms with Crippen molar-refractivity contribution in [2.75, 3.05) is 0 Å². The monoisotopic (exact) mass is 190 g/mol. The number of nitrogens with zero attached hydrogens (tertiary/aromatic N) is 4. The minimum absolute atomic E-state index is 0.194. The molecule has 0 spiro atoms. The lowest BCUT2D eigenvalue weighted by Crippen LogP contribution is -2.04. The molecule has 72 valence electrons. The van der Waals surface area contributed by atoms with Crippen molar-refractivity contribution in [3.8, 4) is 0 Å². The third-order valence-corrected chi connectivity index (χ3v) is 1.95. The lowest BCUT2D eigenvalue weighted by atomic mass is 10.4. The Morgan fingerprint density at radius 2 is 2.21 bits per heavy atom. The molecule has 0 aliphatic carbocycles. The summed E-state index contributed by atoms with van der Waals surface area (Å²) in [5.74, 6) is 0.194. The van der Waals surface area contributed by atoms with Gasteiger partial charge in [0.2, 0.25) is 0 Å². The minimum Gasteiger partial charge on any atom is -0.294 e. The molecular weight excluding hydrogens is 180 g/mol. The average molecular weight is 190 g/mol. The highest BCUT2D eigenvalue weighted by atomic mass is 16.1. The van der Waals surface area contributed by atoms with Gasteiger partial charge in [0, 0.05) is 12.2 Å². The molecule has 0 saturated carbocycles. The van der Waals surface area contributed by atoms with Gasteiger partial charge in [0.1, 0.15) is 0 Å². The Bertz CT molecular complexity index is 475. The second kappa shape index (κ2) is 3.17. The molecule has 0 fully saturated rings. The summed E-state index contributed by atoms with van der Waals surface area (Å²) >= 11 is 0. The van der Waals surface area contributed by atoms with Gasteiger partial charge in [-0.15, -0.1) is 0 Å². The SMILES string of the molecule is CC(C)n1ncc2cnc(C=O)nc21. The summed E-state index contributed by atoms with van der Waals surface area (Å²) in [7, 11) is 0. The fourth-order valence-electron chi connectivity index (χ4n) is 1.28. The van der Waals surface area contributed by atoms with Gasteiger partial charge < -0.3 is 0 Å². The molecule has 0 saturated heterocycles. The quantitative estimate of drug-likeness (QED) is 0.668. The van der Waals surface area contributed by atoms with Gasteiger partial charge in [-0.2, -0.15) is 5.10 Å². The second-order valence-corrected chi connectivity index (χ2v) is 3.31. The lowest BCUT2D eigenvalue weighted by Gasteiger charge is -2.05. The number of fused-ring (bicyclic) bond motifs is 1. The summed E-state index contributed by atoms with van der Waals surface area (Å²) in [6.07, 6.45) is 3.94. The summed E-state index contributed by atoms with van der Waals surface area (Å²) < 4.78 is 1.77. The van der Waals surface area contributed by atoms with E-state index in [-0.39, 0.29) is 11.9 Å². The average Bonchev–Trinajstić information content (AvgIpc) is 2.59. The first kappa shape index (κ1) is 8.80. The Labute approximate surface area is 80.8 Å². The van der Waals surface area contributed by atoms with E-state index in [1.807, 2.05) is 13.8 Å². The molecule has 0 aliphatic heterocycles. The van der Waals surface area contributed by atoms with E-state index >= 15 is 0 Å². The maximum Gasteiger partial charge on any atom is 0.194 e. The van der Waals surface area contributed by atoms with Crippen LogP contribution in [0, 0.1) is 0 Å². The summed E-state index contributed by atoms with van der Waals surface area (Å²) in [4.78, 5) is 18.5. The molecule has 0 N–H and O–H groups in total. The predicted octanol–water partition coefficient (Wildman–Crippen LogP) is 1.22. The standard InChI is InChI=1S/C9H10N4O/c1-6(2)13-9-7(4-11-13)3-10-8(5-14)12-9/h3-6H,1-2H3. The summed E-state index contributed by atoms with van der Waals surface area (Å²) in [6, 6.07) is 0.224. The van der Waals surface area contributed by atoms with Gasteiger partial charge in [0.25, 0.3) is 0 Å². The van der Waals surface area contributed by atoms with Crippen LogP contribution in [0.2, 0.25) is 0 Å². The highest BCUT2D eigenvalue weighted by Crippen LogP contribution is 2.13. The van der Waals surface area contributed by atoms with Crippen LogP contribution in [0.25, 0.3) is 11.0 Å². The van der Waals surface area contributed by atoms with Crippen molar-refractivity contribution in [1.82, 2.24) is 19.7 Å². The van der Waals surface area contributed by atoms with Crippen molar-refractivity contribution < 1.29 is 4.79 Å². The van der Waals surface area contributed by atoms with E-state index in [4.69, 9.17) is 0 Å². The Morgan fingerprint density at radius 1 is 1.43 bits per heavy atom. The van der Waals surface area contributed by atoms with Crippen molar-refractivity contribution in [2.45, 2.75) is 19.9 Å². The van der Waals surface area contributed by atoms with E-state index < -0.39 is 0 Å². The molecule has 0 atom stereocenters. The van der Waals surface area contributed by atoms with E-state index in [0.29, 0.717) is 11.9 Å². The number of rotatable bonds is 2. The van der Waals surface area contributed by atoms with Gasteiger partial charge >= 0.3 is 0 Å². The van der Waals surface area contributed by atoms with Crippen molar-refractivity contribution >= 4 is 17.3 Å². The largest absolute Gasteiger partial charge is 0.294 e. The number of hydrogen-bond acceptors (Lipinski definition) is 4. The van der Waals surface area contributed by atoms with E-state index in [1.54, 1.807) is 17.1 Å². The first-order valence-corrected chi connectivity index (χ1v) is 4.38. The summed E-state index contributed by atoms with van der Waals surface area (Å²) in [5.41, 5.74) is 0.706. The topological polar surface area (TPSA) is 60.7 Å². The molecule has 0 amide bonds. The van der Waals surface area contributed by atoms with Crippen LogP contribution < -0.4 is 0 Å². The number of hydrogen-bond donors (Lipinski definition) is 0. The predicted molar refractivity (Wildman–Crippen MR) is 51.1 cm³/mol. The van der Waals surface area contributed by atoms with Crippen LogP contribution in [-0.4, -0.2) is 26.0 Å². The highest BCUT2D eigenvalue weighted by Gasteiger charge is 2.08. The zero-order valence-electron chi connectivity index (χ0n) is 8.01. The highest BCUT2D eigenvalue weighted by molar-refractivity contribution is 5.78. The molecule has 2 heterocycles. The summed E-state index contributed by atoms with van der Waals surface area (Å²) in [6.45, 7) is 4.02. The smallest absolute Gasteiger partial charge is 0.194 e. The molecule has 5 nitrogen and oxygen atoms in total. The number of aromatic nitrogens is 4. The van der Waals surface area contributed by atoms with Crippen molar-refractivity contribution in [2.24, 2.45) is 0 Å². The number of carbonyl (C=O) groups excluding carboxylic acids is 1. The van der Waals surface area contributed by atoms with Crippen LogP contribution >= 0.6 is 0 Å². The lowest BCUT2D eigenvalue weighted by molar-refractivity contribution is 0.111. The molecule has 0 radical (unpaired) electrons. The second-order valence-electron chi connectivity index (χ2n) is 3.31. The molecule has 14 heavy (non-hydrogen) atoms. The van der Waals surface area contributed by atoms with Gasteiger partial charge in [-0.25, -0.2) is 14.6 Å². The van der Waals surface area contributed by atoms with Crippen molar-refractivity contribution in [1.29, 1.82) is 0 Å². The van der Waals surface area contributed by atoms with Crippen molar-refractivity contribution in [3.63, 3.8) is 0 Å². The van der Waals surface area contributed by atoms with Gasteiger partial charge in [-0.1, -0.05) is 0 Å².